The summed E-state index contributed by atoms with van der Waals surface area (Å²) in [5, 5.41) is 40.1. The molecule has 4 atom stereocenters. The number of imidazole rings is 1. The van der Waals surface area contributed by atoms with Gasteiger partial charge in [0.1, 0.15) is 29.4 Å². The predicted octanol–water partition coefficient (Wildman–Crippen LogP) is -0.933. The van der Waals surface area contributed by atoms with Crippen molar-refractivity contribution in [1.29, 1.82) is 0 Å². The molecular weight excluding hydrogens is 366 g/mol. The van der Waals surface area contributed by atoms with Crippen molar-refractivity contribution in [1.82, 2.24) is 19.5 Å². The van der Waals surface area contributed by atoms with Crippen LogP contribution in [0.15, 0.2) is 6.33 Å². The molecule has 6 N–H and O–H groups in total. The number of aromatic nitrogens is 4. The number of rotatable bonds is 2. The molecule has 3 heterocycles. The van der Waals surface area contributed by atoms with Gasteiger partial charge in [-0.3, -0.25) is 4.57 Å². The summed E-state index contributed by atoms with van der Waals surface area (Å²) >= 11 is 0. The second kappa shape index (κ2) is 7.27. The minimum Gasteiger partial charge on any atom is -0.394 e. The maximum atomic E-state index is 10.5. The van der Waals surface area contributed by atoms with Gasteiger partial charge in [0.2, 0.25) is 5.82 Å². The molecule has 1 aliphatic carbocycles. The normalized spacial score (nSPS) is 29.6. The van der Waals surface area contributed by atoms with Gasteiger partial charge < -0.3 is 30.9 Å². The highest BCUT2D eigenvalue weighted by Crippen LogP contribution is 2.32. The van der Waals surface area contributed by atoms with Gasteiger partial charge in [-0.05, 0) is 31.6 Å². The molecule has 2 aliphatic rings. The van der Waals surface area contributed by atoms with Crippen LogP contribution in [-0.2, 0) is 4.74 Å². The molecule has 0 aromatic carbocycles. The fourth-order valence-corrected chi connectivity index (χ4v) is 3.72. The van der Waals surface area contributed by atoms with Crippen molar-refractivity contribution < 1.29 is 25.2 Å². The number of ether oxygens (including phenoxy) is 1. The van der Waals surface area contributed by atoms with Crippen LogP contribution in [0.4, 0.5) is 5.82 Å². The lowest BCUT2D eigenvalue weighted by molar-refractivity contribution is -0.0511. The first-order valence-electron chi connectivity index (χ1n) is 9.30. The van der Waals surface area contributed by atoms with Gasteiger partial charge in [0, 0.05) is 0 Å². The maximum absolute atomic E-state index is 10.5. The topological polar surface area (TPSA) is 160 Å². The molecule has 2 fully saturated rings. The Kier molecular flexibility index (Phi) is 4.95. The fraction of sp³-hybridized carbons (Fsp3) is 0.611. The van der Waals surface area contributed by atoms with E-state index < -0.39 is 36.7 Å². The van der Waals surface area contributed by atoms with Gasteiger partial charge in [0.05, 0.1) is 12.9 Å². The maximum Gasteiger partial charge on any atom is 0.209 e. The highest BCUT2D eigenvalue weighted by atomic mass is 16.6. The Hall–Kier alpha value is -2.29. The largest absolute Gasteiger partial charge is 0.394 e. The first-order chi connectivity index (χ1) is 13.4. The van der Waals surface area contributed by atoms with Crippen molar-refractivity contribution in [3.8, 4) is 11.8 Å². The van der Waals surface area contributed by atoms with Crippen LogP contribution in [0.1, 0.15) is 44.2 Å². The second-order valence-corrected chi connectivity index (χ2v) is 7.33. The number of hydrogen-bond acceptors (Lipinski definition) is 9. The number of anilines is 1. The molecule has 2 aromatic rings. The van der Waals surface area contributed by atoms with Crippen molar-refractivity contribution in [2.75, 3.05) is 12.3 Å². The summed E-state index contributed by atoms with van der Waals surface area (Å²) in [4.78, 5) is 12.6. The average molecular weight is 389 g/mol. The van der Waals surface area contributed by atoms with Crippen molar-refractivity contribution in [3.63, 3.8) is 0 Å². The molecular formula is C18H23N5O5. The molecule has 2 aromatic heterocycles. The van der Waals surface area contributed by atoms with E-state index in [1.807, 2.05) is 0 Å². The molecule has 1 aliphatic heterocycles. The molecule has 1 saturated carbocycles. The minimum atomic E-state index is -1.27. The SMILES string of the molecule is Nc1nc(C#CC2(O)CCCCC2)nc2c1ncn2C1O[C@H](CO)[C@@H](O)[C@H]1O. The molecule has 1 saturated heterocycles. The first kappa shape index (κ1) is 19.0. The lowest BCUT2D eigenvalue weighted by atomic mass is 9.85. The van der Waals surface area contributed by atoms with E-state index in [0.29, 0.717) is 18.4 Å². The number of fused-ring (bicyclic) bond motifs is 1. The van der Waals surface area contributed by atoms with Crippen LogP contribution >= 0.6 is 0 Å². The van der Waals surface area contributed by atoms with Gasteiger partial charge in [0.25, 0.3) is 0 Å². The molecule has 0 amide bonds. The van der Waals surface area contributed by atoms with Gasteiger partial charge >= 0.3 is 0 Å². The molecule has 10 heteroatoms. The zero-order valence-corrected chi connectivity index (χ0v) is 15.2. The summed E-state index contributed by atoms with van der Waals surface area (Å²) in [6, 6.07) is 0. The van der Waals surface area contributed by atoms with E-state index in [-0.39, 0.29) is 17.3 Å². The number of nitrogen functional groups attached to an aromatic ring is 1. The summed E-state index contributed by atoms with van der Waals surface area (Å²) in [6.07, 6.45) is 1.10. The van der Waals surface area contributed by atoms with Crippen molar-refractivity contribution in [2.24, 2.45) is 0 Å². The molecule has 28 heavy (non-hydrogen) atoms. The first-order valence-corrected chi connectivity index (χ1v) is 9.30. The number of aliphatic hydroxyl groups is 4. The second-order valence-electron chi connectivity index (χ2n) is 7.33. The standard InChI is InChI=1S/C18H23N5O5/c19-15-12-16(22-11(21-15)4-7-18(27)5-2-1-3-6-18)23(9-20-12)17-14(26)13(25)10(8-24)28-17/h9-10,13-14,17,24-27H,1-3,5-6,8H2,(H2,19,21,22)/t10-,13-,14-,17?/m1/s1. The molecule has 0 bridgehead atoms. The van der Waals surface area contributed by atoms with E-state index in [4.69, 9.17) is 10.5 Å². The van der Waals surface area contributed by atoms with Crippen molar-refractivity contribution in [2.45, 2.75) is 62.2 Å². The van der Waals surface area contributed by atoms with Gasteiger partial charge in [-0.25, -0.2) is 15.0 Å². The number of aliphatic hydroxyl groups excluding tert-OH is 3. The zero-order chi connectivity index (χ0) is 19.9. The zero-order valence-electron chi connectivity index (χ0n) is 15.2. The van der Waals surface area contributed by atoms with E-state index in [0.717, 1.165) is 19.3 Å². The molecule has 0 radical (unpaired) electrons. The quantitative estimate of drug-likeness (QED) is 0.409. The molecule has 10 nitrogen and oxygen atoms in total. The van der Waals surface area contributed by atoms with Crippen molar-refractivity contribution in [3.05, 3.63) is 12.2 Å². The summed E-state index contributed by atoms with van der Waals surface area (Å²) in [6.45, 7) is -0.437. The number of nitrogens with zero attached hydrogens (tertiary/aromatic N) is 4. The number of hydrogen-bond donors (Lipinski definition) is 5. The van der Waals surface area contributed by atoms with E-state index in [1.165, 1.54) is 10.9 Å². The third-order valence-corrected chi connectivity index (χ3v) is 5.33. The van der Waals surface area contributed by atoms with E-state index >= 15 is 0 Å². The third-order valence-electron chi connectivity index (χ3n) is 5.33. The average Bonchev–Trinajstić information content (AvgIpc) is 3.23. The lowest BCUT2D eigenvalue weighted by Gasteiger charge is -2.26. The fourth-order valence-electron chi connectivity index (χ4n) is 3.72. The molecule has 4 rings (SSSR count). The summed E-state index contributed by atoms with van der Waals surface area (Å²) in [7, 11) is 0. The number of nitrogens with two attached hydrogens (primary N) is 1. The highest BCUT2D eigenvalue weighted by Gasteiger charge is 2.44. The molecule has 150 valence electrons. The Bertz CT molecular complexity index is 930. The van der Waals surface area contributed by atoms with Crippen LogP contribution in [0.3, 0.4) is 0 Å². The molecule has 0 spiro atoms. The Morgan fingerprint density at radius 1 is 1.21 bits per heavy atom. The van der Waals surface area contributed by atoms with Gasteiger partial charge in [0.15, 0.2) is 17.7 Å². The highest BCUT2D eigenvalue weighted by molar-refractivity contribution is 5.82. The third kappa shape index (κ3) is 3.32. The van der Waals surface area contributed by atoms with Crippen LogP contribution < -0.4 is 5.73 Å². The van der Waals surface area contributed by atoms with Crippen LogP contribution in [0, 0.1) is 11.8 Å². The van der Waals surface area contributed by atoms with E-state index in [2.05, 4.69) is 26.8 Å². The van der Waals surface area contributed by atoms with Gasteiger partial charge in [-0.2, -0.15) is 0 Å². The summed E-state index contributed by atoms with van der Waals surface area (Å²) in [5.74, 6) is 5.89. The van der Waals surface area contributed by atoms with E-state index in [1.54, 1.807) is 0 Å². The molecule has 1 unspecified atom stereocenters. The van der Waals surface area contributed by atoms with Crippen LogP contribution in [0.2, 0.25) is 0 Å². The predicted molar refractivity (Wildman–Crippen MR) is 97.7 cm³/mol. The lowest BCUT2D eigenvalue weighted by Crippen LogP contribution is -2.33. The van der Waals surface area contributed by atoms with Crippen LogP contribution in [0.25, 0.3) is 11.2 Å². The Balaban J connectivity index is 1.70. The summed E-state index contributed by atoms with van der Waals surface area (Å²) in [5.41, 5.74) is 5.51. The van der Waals surface area contributed by atoms with Crippen LogP contribution in [-0.4, -0.2) is 70.5 Å². The van der Waals surface area contributed by atoms with Crippen molar-refractivity contribution >= 4 is 17.0 Å². The Labute approximate surface area is 161 Å². The Morgan fingerprint density at radius 3 is 2.64 bits per heavy atom. The smallest absolute Gasteiger partial charge is 0.209 e. The monoisotopic (exact) mass is 389 g/mol. The Morgan fingerprint density at radius 2 is 1.96 bits per heavy atom. The van der Waals surface area contributed by atoms with Gasteiger partial charge in [-0.15, -0.1) is 0 Å². The summed E-state index contributed by atoms with van der Waals surface area (Å²) < 4.78 is 6.96. The van der Waals surface area contributed by atoms with Gasteiger partial charge in [-0.1, -0.05) is 12.3 Å². The minimum absolute atomic E-state index is 0.107. The van der Waals surface area contributed by atoms with E-state index in [9.17, 15) is 20.4 Å². The van der Waals surface area contributed by atoms with Crippen LogP contribution in [0.5, 0.6) is 0 Å².